The second-order valence-corrected chi connectivity index (χ2v) is 6.13. The molecular weight excluding hydrogens is 362 g/mol. The van der Waals surface area contributed by atoms with E-state index in [1.54, 1.807) is 55.5 Å². The van der Waals surface area contributed by atoms with Gasteiger partial charge in [0, 0.05) is 5.02 Å². The number of carbonyl (C=O) groups is 1. The van der Waals surface area contributed by atoms with Gasteiger partial charge in [-0.05, 0) is 49.5 Å². The minimum absolute atomic E-state index is 0.0898. The van der Waals surface area contributed by atoms with Crippen LogP contribution in [-0.4, -0.2) is 21.7 Å². The largest absolute Gasteiger partial charge is 0.481 e. The predicted octanol–water partition coefficient (Wildman–Crippen LogP) is 3.25. The van der Waals surface area contributed by atoms with Crippen molar-refractivity contribution in [2.24, 2.45) is 0 Å². The number of carbonyl (C=O) groups excluding carboxylic acids is 1. The maximum Gasteiger partial charge on any atom is 0.281 e. The summed E-state index contributed by atoms with van der Waals surface area (Å²) in [6.45, 7) is 1.56. The second kappa shape index (κ2) is 7.08. The first kappa shape index (κ1) is 17.2. The molecule has 0 fully saturated rings. The van der Waals surface area contributed by atoms with Crippen LogP contribution < -0.4 is 15.7 Å². The lowest BCUT2D eigenvalue weighted by atomic mass is 10.2. The van der Waals surface area contributed by atoms with E-state index >= 15 is 0 Å². The number of amides is 1. The van der Waals surface area contributed by atoms with Crippen molar-refractivity contribution >= 4 is 40.6 Å². The molecule has 0 saturated heterocycles. The van der Waals surface area contributed by atoms with Gasteiger partial charge in [0.25, 0.3) is 11.5 Å². The Morgan fingerprint density at radius 1 is 1.28 bits per heavy atom. The lowest BCUT2D eigenvalue weighted by Gasteiger charge is -2.16. The quantitative estimate of drug-likeness (QED) is 0.686. The standard InChI is InChI=1S/C17H14ClN3O3S/c1-10(24-12-6-4-5-11(18)9-12)15(22)20-21-16(23)13-7-2-3-8-14(13)19-17(21)25/h2-10H,1H3,(H,19,25)(H,20,22). The van der Waals surface area contributed by atoms with Crippen LogP contribution in [0.3, 0.4) is 0 Å². The van der Waals surface area contributed by atoms with E-state index in [4.69, 9.17) is 28.6 Å². The number of para-hydroxylation sites is 1. The first-order valence-corrected chi connectivity index (χ1v) is 8.21. The molecule has 0 aliphatic rings. The maximum absolute atomic E-state index is 12.5. The molecule has 1 heterocycles. The minimum Gasteiger partial charge on any atom is -0.481 e. The van der Waals surface area contributed by atoms with Crippen LogP contribution in [-0.2, 0) is 4.79 Å². The molecule has 1 amide bonds. The number of ether oxygens (including phenoxy) is 1. The molecule has 1 aromatic heterocycles. The van der Waals surface area contributed by atoms with Crippen LogP contribution in [0.5, 0.6) is 5.75 Å². The highest BCUT2D eigenvalue weighted by Crippen LogP contribution is 2.18. The van der Waals surface area contributed by atoms with E-state index in [2.05, 4.69) is 10.4 Å². The summed E-state index contributed by atoms with van der Waals surface area (Å²) < 4.78 is 6.63. The summed E-state index contributed by atoms with van der Waals surface area (Å²) in [5, 5.41) is 0.915. The van der Waals surface area contributed by atoms with Crippen molar-refractivity contribution in [1.29, 1.82) is 0 Å². The fraction of sp³-hybridized carbons (Fsp3) is 0.118. The molecule has 128 valence electrons. The van der Waals surface area contributed by atoms with Gasteiger partial charge in [0.1, 0.15) is 5.75 Å². The molecule has 0 radical (unpaired) electrons. The van der Waals surface area contributed by atoms with E-state index in [0.29, 0.717) is 21.7 Å². The Kier molecular flexibility index (Phi) is 4.87. The predicted molar refractivity (Wildman–Crippen MR) is 99.3 cm³/mol. The molecule has 0 aliphatic heterocycles. The summed E-state index contributed by atoms with van der Waals surface area (Å²) in [6, 6.07) is 13.6. The number of rotatable bonds is 4. The maximum atomic E-state index is 12.5. The van der Waals surface area contributed by atoms with Crippen molar-refractivity contribution in [3.8, 4) is 5.75 Å². The van der Waals surface area contributed by atoms with Crippen molar-refractivity contribution in [3.63, 3.8) is 0 Å². The number of H-pyrrole nitrogens is 1. The molecule has 0 spiro atoms. The summed E-state index contributed by atoms with van der Waals surface area (Å²) in [6.07, 6.45) is -0.855. The second-order valence-electron chi connectivity index (χ2n) is 5.31. The van der Waals surface area contributed by atoms with Gasteiger partial charge in [0.2, 0.25) is 0 Å². The first-order chi connectivity index (χ1) is 12.0. The van der Waals surface area contributed by atoms with Crippen molar-refractivity contribution in [1.82, 2.24) is 9.66 Å². The molecule has 3 aromatic rings. The Morgan fingerprint density at radius 3 is 2.80 bits per heavy atom. The zero-order valence-electron chi connectivity index (χ0n) is 13.2. The van der Waals surface area contributed by atoms with Gasteiger partial charge in [0.15, 0.2) is 10.9 Å². The van der Waals surface area contributed by atoms with Crippen molar-refractivity contribution < 1.29 is 9.53 Å². The third kappa shape index (κ3) is 3.72. The zero-order chi connectivity index (χ0) is 18.0. The highest BCUT2D eigenvalue weighted by molar-refractivity contribution is 7.71. The fourth-order valence-corrected chi connectivity index (χ4v) is 2.68. The molecule has 25 heavy (non-hydrogen) atoms. The molecule has 3 rings (SSSR count). The summed E-state index contributed by atoms with van der Waals surface area (Å²) >= 11 is 11.0. The number of nitrogens with one attached hydrogen (secondary N) is 2. The van der Waals surface area contributed by atoms with Gasteiger partial charge in [-0.1, -0.05) is 29.8 Å². The van der Waals surface area contributed by atoms with Crippen molar-refractivity contribution in [3.05, 3.63) is 68.7 Å². The topological polar surface area (TPSA) is 76.1 Å². The average Bonchev–Trinajstić information content (AvgIpc) is 2.58. The lowest BCUT2D eigenvalue weighted by Crippen LogP contribution is -2.40. The lowest BCUT2D eigenvalue weighted by molar-refractivity contribution is -0.123. The molecule has 2 aromatic carbocycles. The van der Waals surface area contributed by atoms with Crippen LogP contribution in [0.25, 0.3) is 10.9 Å². The van der Waals surface area contributed by atoms with Gasteiger partial charge >= 0.3 is 0 Å². The number of nitrogens with zero attached hydrogens (tertiary/aromatic N) is 1. The van der Waals surface area contributed by atoms with E-state index < -0.39 is 17.6 Å². The molecule has 6 nitrogen and oxygen atoms in total. The van der Waals surface area contributed by atoms with Gasteiger partial charge in [0.05, 0.1) is 10.9 Å². The number of fused-ring (bicyclic) bond motifs is 1. The van der Waals surface area contributed by atoms with Crippen LogP contribution in [0.4, 0.5) is 0 Å². The average molecular weight is 376 g/mol. The SMILES string of the molecule is CC(Oc1cccc(Cl)c1)C(=O)Nn1c(=S)[nH]c2ccccc2c1=O. The normalized spacial score (nSPS) is 11.9. The Labute approximate surface area is 153 Å². The van der Waals surface area contributed by atoms with Crippen LogP contribution in [0, 0.1) is 4.77 Å². The number of aromatic amines is 1. The molecule has 0 saturated carbocycles. The van der Waals surface area contributed by atoms with Gasteiger partial charge in [-0.2, -0.15) is 4.68 Å². The number of hydrogen-bond acceptors (Lipinski definition) is 4. The van der Waals surface area contributed by atoms with Crippen molar-refractivity contribution in [2.45, 2.75) is 13.0 Å². The molecule has 1 atom stereocenters. The summed E-state index contributed by atoms with van der Waals surface area (Å²) in [5.41, 5.74) is 2.67. The summed E-state index contributed by atoms with van der Waals surface area (Å²) in [4.78, 5) is 27.8. The van der Waals surface area contributed by atoms with Gasteiger partial charge in [-0.15, -0.1) is 0 Å². The van der Waals surface area contributed by atoms with Crippen molar-refractivity contribution in [2.75, 3.05) is 5.43 Å². The first-order valence-electron chi connectivity index (χ1n) is 7.43. The third-order valence-corrected chi connectivity index (χ3v) is 4.03. The summed E-state index contributed by atoms with van der Waals surface area (Å²) in [7, 11) is 0. The molecular formula is C17H14ClN3O3S. The zero-order valence-corrected chi connectivity index (χ0v) is 14.7. The van der Waals surface area contributed by atoms with Crippen LogP contribution >= 0.6 is 23.8 Å². The Hall–Kier alpha value is -2.64. The molecule has 1 unspecified atom stereocenters. The highest BCUT2D eigenvalue weighted by atomic mass is 35.5. The van der Waals surface area contributed by atoms with Gasteiger partial charge in [-0.3, -0.25) is 15.0 Å². The van der Waals surface area contributed by atoms with Crippen LogP contribution in [0.15, 0.2) is 53.3 Å². The minimum atomic E-state index is -0.855. The highest BCUT2D eigenvalue weighted by Gasteiger charge is 2.17. The third-order valence-electron chi connectivity index (χ3n) is 3.51. The molecule has 2 N–H and O–H groups in total. The van der Waals surface area contributed by atoms with Gasteiger partial charge < -0.3 is 9.72 Å². The van der Waals surface area contributed by atoms with E-state index in [0.717, 1.165) is 4.68 Å². The van der Waals surface area contributed by atoms with E-state index in [1.165, 1.54) is 0 Å². The monoisotopic (exact) mass is 375 g/mol. The number of aromatic nitrogens is 2. The Bertz CT molecular complexity index is 1060. The molecule has 0 aliphatic carbocycles. The van der Waals surface area contributed by atoms with Gasteiger partial charge in [-0.25, -0.2) is 0 Å². The van der Waals surface area contributed by atoms with Crippen LogP contribution in [0.1, 0.15) is 6.92 Å². The number of hydrogen-bond donors (Lipinski definition) is 2. The summed E-state index contributed by atoms with van der Waals surface area (Å²) in [5.74, 6) is -0.0666. The fourth-order valence-electron chi connectivity index (χ4n) is 2.26. The number of benzene rings is 2. The molecule has 0 bridgehead atoms. The van der Waals surface area contributed by atoms with E-state index in [1.807, 2.05) is 0 Å². The molecule has 8 heteroatoms. The smallest absolute Gasteiger partial charge is 0.281 e. The Morgan fingerprint density at radius 2 is 2.04 bits per heavy atom. The van der Waals surface area contributed by atoms with Crippen LogP contribution in [0.2, 0.25) is 5.02 Å². The van der Waals surface area contributed by atoms with E-state index in [-0.39, 0.29) is 4.77 Å². The van der Waals surface area contributed by atoms with E-state index in [9.17, 15) is 9.59 Å². The number of halogens is 1. The Balaban J connectivity index is 1.84.